The molecule has 1 fully saturated rings. The third-order valence-corrected chi connectivity index (χ3v) is 5.23. The second-order valence-electron chi connectivity index (χ2n) is 6.21. The van der Waals surface area contributed by atoms with Crippen molar-refractivity contribution in [3.8, 4) is 17.2 Å². The van der Waals surface area contributed by atoms with Crippen LogP contribution in [0.3, 0.4) is 0 Å². The summed E-state index contributed by atoms with van der Waals surface area (Å²) in [5.41, 5.74) is 2.61. The third kappa shape index (κ3) is 3.99. The van der Waals surface area contributed by atoms with Crippen molar-refractivity contribution in [1.82, 2.24) is 4.90 Å². The summed E-state index contributed by atoms with van der Waals surface area (Å²) in [6, 6.07) is 11.1. The van der Waals surface area contributed by atoms with Gasteiger partial charge in [0.15, 0.2) is 11.5 Å². The number of methoxy groups -OCH3 is 3. The second kappa shape index (κ2) is 8.39. The highest BCUT2D eigenvalue weighted by Crippen LogP contribution is 2.39. The van der Waals surface area contributed by atoms with Crippen LogP contribution in [0.25, 0.3) is 6.08 Å². The van der Waals surface area contributed by atoms with Gasteiger partial charge in [0.2, 0.25) is 0 Å². The lowest BCUT2D eigenvalue weighted by Crippen LogP contribution is -2.27. The van der Waals surface area contributed by atoms with Gasteiger partial charge in [0.05, 0.1) is 32.8 Å². The fourth-order valence-corrected chi connectivity index (χ4v) is 3.77. The third-order valence-electron chi connectivity index (χ3n) is 4.32. The lowest BCUT2D eigenvalue weighted by atomic mass is 10.1. The number of hydrogen-bond acceptors (Lipinski definition) is 6. The zero-order chi connectivity index (χ0) is 20.3. The van der Waals surface area contributed by atoms with Crippen LogP contribution in [0.1, 0.15) is 16.7 Å². The number of imide groups is 1. The van der Waals surface area contributed by atoms with Gasteiger partial charge in [-0.1, -0.05) is 29.8 Å². The summed E-state index contributed by atoms with van der Waals surface area (Å²) in [5.74, 6) is 1.22. The fraction of sp³-hybridized carbons (Fsp3) is 0.238. The summed E-state index contributed by atoms with van der Waals surface area (Å²) < 4.78 is 16.0. The lowest BCUT2D eigenvalue weighted by Gasteiger charge is -2.13. The zero-order valence-corrected chi connectivity index (χ0v) is 17.0. The van der Waals surface area contributed by atoms with Crippen LogP contribution in [-0.2, 0) is 11.3 Å². The Balaban J connectivity index is 1.91. The molecule has 146 valence electrons. The van der Waals surface area contributed by atoms with Gasteiger partial charge < -0.3 is 14.2 Å². The van der Waals surface area contributed by atoms with Crippen molar-refractivity contribution in [2.24, 2.45) is 0 Å². The first-order valence-electron chi connectivity index (χ1n) is 8.57. The first-order valence-corrected chi connectivity index (χ1v) is 9.39. The average Bonchev–Trinajstić information content (AvgIpc) is 2.95. The summed E-state index contributed by atoms with van der Waals surface area (Å²) in [7, 11) is 4.60. The number of rotatable bonds is 6. The fourth-order valence-electron chi connectivity index (χ4n) is 2.94. The normalized spacial score (nSPS) is 15.3. The van der Waals surface area contributed by atoms with E-state index in [1.165, 1.54) is 26.2 Å². The first-order chi connectivity index (χ1) is 13.5. The van der Waals surface area contributed by atoms with Crippen LogP contribution in [0, 0.1) is 6.92 Å². The summed E-state index contributed by atoms with van der Waals surface area (Å²) in [6.07, 6.45) is 1.64. The molecule has 1 aliphatic heterocycles. The van der Waals surface area contributed by atoms with E-state index in [4.69, 9.17) is 14.2 Å². The van der Waals surface area contributed by atoms with Crippen molar-refractivity contribution in [2.45, 2.75) is 13.5 Å². The van der Waals surface area contributed by atoms with Crippen molar-refractivity contribution < 1.29 is 23.8 Å². The molecule has 2 aromatic carbocycles. The van der Waals surface area contributed by atoms with Crippen LogP contribution < -0.4 is 14.2 Å². The highest BCUT2D eigenvalue weighted by Gasteiger charge is 2.35. The molecule has 1 heterocycles. The second-order valence-corrected chi connectivity index (χ2v) is 7.20. The van der Waals surface area contributed by atoms with Gasteiger partial charge in [-0.15, -0.1) is 0 Å². The molecule has 0 aliphatic carbocycles. The SMILES string of the molecule is COc1cc(OC)c(OC)cc1/C=C1/SC(=O)N(Cc2cccc(C)c2)C1=O. The Morgan fingerprint density at radius 3 is 2.29 bits per heavy atom. The van der Waals surface area contributed by atoms with E-state index < -0.39 is 0 Å². The van der Waals surface area contributed by atoms with Crippen molar-refractivity contribution in [3.63, 3.8) is 0 Å². The monoisotopic (exact) mass is 399 g/mol. The first kappa shape index (κ1) is 19.8. The van der Waals surface area contributed by atoms with E-state index in [9.17, 15) is 9.59 Å². The molecule has 6 nitrogen and oxygen atoms in total. The molecule has 3 rings (SSSR count). The number of thioether (sulfide) groups is 1. The molecule has 0 radical (unpaired) electrons. The molecular weight excluding hydrogens is 378 g/mol. The number of ether oxygens (including phenoxy) is 3. The van der Waals surface area contributed by atoms with Crippen LogP contribution in [0.2, 0.25) is 0 Å². The number of amides is 2. The topological polar surface area (TPSA) is 65.1 Å². The van der Waals surface area contributed by atoms with Crippen LogP contribution in [0.15, 0.2) is 41.3 Å². The number of nitrogens with zero attached hydrogens (tertiary/aromatic N) is 1. The predicted molar refractivity (Wildman–Crippen MR) is 109 cm³/mol. The van der Waals surface area contributed by atoms with E-state index >= 15 is 0 Å². The van der Waals surface area contributed by atoms with Crippen LogP contribution >= 0.6 is 11.8 Å². The minimum atomic E-state index is -0.326. The molecular formula is C21H21NO5S. The standard InChI is InChI=1S/C21H21NO5S/c1-13-6-5-7-14(8-13)12-22-20(23)19(28-21(22)24)10-15-9-17(26-3)18(27-4)11-16(15)25-2/h5-11H,12H2,1-4H3/b19-10+. The molecule has 0 atom stereocenters. The maximum absolute atomic E-state index is 12.8. The van der Waals surface area contributed by atoms with Crippen molar-refractivity contribution in [2.75, 3.05) is 21.3 Å². The Kier molecular flexibility index (Phi) is 5.94. The van der Waals surface area contributed by atoms with E-state index in [2.05, 4.69) is 0 Å². The van der Waals surface area contributed by atoms with Gasteiger partial charge in [0, 0.05) is 11.6 Å². The Hall–Kier alpha value is -2.93. The molecule has 1 aliphatic rings. The van der Waals surface area contributed by atoms with Gasteiger partial charge in [-0.25, -0.2) is 0 Å². The maximum atomic E-state index is 12.8. The van der Waals surface area contributed by atoms with Gasteiger partial charge in [-0.05, 0) is 36.4 Å². The quantitative estimate of drug-likeness (QED) is 0.677. The van der Waals surface area contributed by atoms with Gasteiger partial charge in [0.25, 0.3) is 11.1 Å². The number of hydrogen-bond donors (Lipinski definition) is 0. The Morgan fingerprint density at radius 1 is 0.964 bits per heavy atom. The number of carbonyl (C=O) groups is 2. The molecule has 0 unspecified atom stereocenters. The number of aryl methyl sites for hydroxylation is 1. The molecule has 7 heteroatoms. The van der Waals surface area contributed by atoms with E-state index in [0.29, 0.717) is 27.7 Å². The van der Waals surface area contributed by atoms with Gasteiger partial charge >= 0.3 is 0 Å². The van der Waals surface area contributed by atoms with Gasteiger partial charge in [-0.2, -0.15) is 0 Å². The maximum Gasteiger partial charge on any atom is 0.293 e. The largest absolute Gasteiger partial charge is 0.496 e. The summed E-state index contributed by atoms with van der Waals surface area (Å²) >= 11 is 0.914. The molecule has 0 aromatic heterocycles. The molecule has 0 spiro atoms. The van der Waals surface area contributed by atoms with Crippen molar-refractivity contribution >= 4 is 29.0 Å². The Bertz CT molecular complexity index is 954. The van der Waals surface area contributed by atoms with E-state index in [1.54, 1.807) is 18.2 Å². The van der Waals surface area contributed by atoms with Crippen molar-refractivity contribution in [3.05, 3.63) is 58.0 Å². The minimum absolute atomic E-state index is 0.243. The smallest absolute Gasteiger partial charge is 0.293 e. The molecule has 1 saturated heterocycles. The molecule has 0 saturated carbocycles. The molecule has 0 bridgehead atoms. The zero-order valence-electron chi connectivity index (χ0n) is 16.1. The lowest BCUT2D eigenvalue weighted by molar-refractivity contribution is -0.123. The number of benzene rings is 2. The highest BCUT2D eigenvalue weighted by molar-refractivity contribution is 8.18. The van der Waals surface area contributed by atoms with Crippen LogP contribution in [-0.4, -0.2) is 37.4 Å². The predicted octanol–water partition coefficient (Wildman–Crippen LogP) is 4.26. The van der Waals surface area contributed by atoms with Crippen LogP contribution in [0.5, 0.6) is 17.2 Å². The molecule has 28 heavy (non-hydrogen) atoms. The summed E-state index contributed by atoms with van der Waals surface area (Å²) in [4.78, 5) is 26.8. The van der Waals surface area contributed by atoms with Gasteiger partial charge in [-0.3, -0.25) is 14.5 Å². The minimum Gasteiger partial charge on any atom is -0.496 e. The Labute approximate surface area is 168 Å². The van der Waals surface area contributed by atoms with Gasteiger partial charge in [0.1, 0.15) is 5.75 Å². The number of carbonyl (C=O) groups excluding carboxylic acids is 2. The van der Waals surface area contributed by atoms with E-state index in [1.807, 2.05) is 31.2 Å². The highest BCUT2D eigenvalue weighted by atomic mass is 32.2. The summed E-state index contributed by atoms with van der Waals surface area (Å²) in [6.45, 7) is 2.22. The average molecular weight is 399 g/mol. The molecule has 2 amide bonds. The molecule has 2 aromatic rings. The molecule has 0 N–H and O–H groups in total. The van der Waals surface area contributed by atoms with Crippen molar-refractivity contribution in [1.29, 1.82) is 0 Å². The Morgan fingerprint density at radius 2 is 1.64 bits per heavy atom. The summed E-state index contributed by atoms with van der Waals surface area (Å²) in [5, 5.41) is -0.294. The van der Waals surface area contributed by atoms with E-state index in [0.717, 1.165) is 22.9 Å². The van der Waals surface area contributed by atoms with E-state index in [-0.39, 0.29) is 17.7 Å². The van der Waals surface area contributed by atoms with Crippen LogP contribution in [0.4, 0.5) is 4.79 Å².